The van der Waals surface area contributed by atoms with Gasteiger partial charge in [-0.15, -0.1) is 0 Å². The highest BCUT2D eigenvalue weighted by atomic mass is 32.2. The van der Waals surface area contributed by atoms with E-state index in [2.05, 4.69) is 4.99 Å². The van der Waals surface area contributed by atoms with E-state index in [1.54, 1.807) is 6.08 Å². The Hall–Kier alpha value is -4.49. The molecule has 13 heteroatoms. The van der Waals surface area contributed by atoms with Gasteiger partial charge in [-0.2, -0.15) is 0 Å². The van der Waals surface area contributed by atoms with Crippen LogP contribution in [-0.4, -0.2) is 76.3 Å². The second-order valence-corrected chi connectivity index (χ2v) is 11.0. The second kappa shape index (κ2) is 14.8. The van der Waals surface area contributed by atoms with Crippen LogP contribution in [0.15, 0.2) is 71.4 Å². The number of thioether (sulfide) groups is 1. The van der Waals surface area contributed by atoms with Crippen LogP contribution in [0.3, 0.4) is 0 Å². The molecule has 2 aromatic rings. The number of aliphatic imine (C=N–C) groups is 1. The number of ether oxygens (including phenoxy) is 5. The van der Waals surface area contributed by atoms with Crippen molar-refractivity contribution in [3.8, 4) is 0 Å². The molecule has 1 amide bonds. The molecule has 0 N–H and O–H groups in total. The third kappa shape index (κ3) is 8.54. The van der Waals surface area contributed by atoms with Crippen LogP contribution in [0.1, 0.15) is 38.8 Å². The Balaban J connectivity index is 1.75. The molecule has 2 aromatic carbocycles. The zero-order valence-corrected chi connectivity index (χ0v) is 25.4. The molecule has 232 valence electrons. The monoisotopic (exact) mass is 624 g/mol. The van der Waals surface area contributed by atoms with Gasteiger partial charge in [-0.3, -0.25) is 28.9 Å². The Kier molecular flexibility index (Phi) is 10.9. The number of amides is 1. The molecule has 0 unspecified atom stereocenters. The number of amidine groups is 1. The van der Waals surface area contributed by atoms with Crippen LogP contribution in [0.2, 0.25) is 0 Å². The lowest BCUT2D eigenvalue weighted by molar-refractivity contribution is -0.237. The summed E-state index contributed by atoms with van der Waals surface area (Å²) in [6.45, 7) is 4.46. The molecule has 0 aliphatic carbocycles. The van der Waals surface area contributed by atoms with Crippen molar-refractivity contribution < 1.29 is 47.7 Å². The van der Waals surface area contributed by atoms with E-state index >= 15 is 0 Å². The molecule has 2 aliphatic heterocycles. The maximum absolute atomic E-state index is 13.7. The molecule has 0 aromatic heterocycles. The minimum atomic E-state index is -1.34. The van der Waals surface area contributed by atoms with Crippen molar-refractivity contribution in [2.75, 3.05) is 6.61 Å². The summed E-state index contributed by atoms with van der Waals surface area (Å²) < 4.78 is 28.0. The Bertz CT molecular complexity index is 1450. The van der Waals surface area contributed by atoms with Gasteiger partial charge in [0.05, 0.1) is 6.54 Å². The number of hydrogen-bond acceptors (Lipinski definition) is 12. The number of nitrogens with zero attached hydrogens (tertiary/aromatic N) is 2. The first-order valence-corrected chi connectivity index (χ1v) is 14.6. The average molecular weight is 625 g/mol. The minimum absolute atomic E-state index is 0.167. The second-order valence-electron chi connectivity index (χ2n) is 9.90. The molecule has 2 aliphatic rings. The maximum atomic E-state index is 13.7. The summed E-state index contributed by atoms with van der Waals surface area (Å²) in [4.78, 5) is 67.9. The summed E-state index contributed by atoms with van der Waals surface area (Å²) in [6.07, 6.45) is -3.42. The number of hydrogen-bond donors (Lipinski definition) is 0. The number of carbonyl (C=O) groups excluding carboxylic acids is 5. The Morgan fingerprint density at radius 2 is 1.39 bits per heavy atom. The minimum Gasteiger partial charge on any atom is -0.463 e. The van der Waals surface area contributed by atoms with E-state index in [1.807, 2.05) is 60.7 Å². The highest BCUT2D eigenvalue weighted by Gasteiger charge is 2.53. The van der Waals surface area contributed by atoms with Gasteiger partial charge < -0.3 is 23.7 Å². The Morgan fingerprint density at radius 1 is 0.818 bits per heavy atom. The van der Waals surface area contributed by atoms with Crippen LogP contribution >= 0.6 is 11.8 Å². The molecule has 0 radical (unpaired) electrons. The summed E-state index contributed by atoms with van der Waals surface area (Å²) >= 11 is 0.956. The summed E-state index contributed by atoms with van der Waals surface area (Å²) in [6, 6.07) is 18.5. The first-order valence-electron chi connectivity index (χ1n) is 13.7. The van der Waals surface area contributed by atoms with Crippen LogP contribution in [-0.2, 0) is 54.2 Å². The number of esters is 4. The van der Waals surface area contributed by atoms with Crippen molar-refractivity contribution in [2.24, 2.45) is 4.99 Å². The topological polar surface area (TPSA) is 147 Å². The first-order chi connectivity index (χ1) is 21.0. The summed E-state index contributed by atoms with van der Waals surface area (Å²) in [5, 5.41) is 0.224. The number of rotatable bonds is 9. The van der Waals surface area contributed by atoms with Crippen molar-refractivity contribution in [2.45, 2.75) is 64.1 Å². The number of benzene rings is 2. The highest BCUT2D eigenvalue weighted by Crippen LogP contribution is 2.37. The van der Waals surface area contributed by atoms with Crippen molar-refractivity contribution in [3.63, 3.8) is 0 Å². The molecule has 2 heterocycles. The normalized spacial score (nSPS) is 24.0. The van der Waals surface area contributed by atoms with E-state index in [4.69, 9.17) is 23.7 Å². The smallest absolute Gasteiger partial charge is 0.303 e. The van der Waals surface area contributed by atoms with Gasteiger partial charge in [0, 0.05) is 27.7 Å². The Morgan fingerprint density at radius 3 is 1.98 bits per heavy atom. The van der Waals surface area contributed by atoms with Crippen LogP contribution in [0, 0.1) is 0 Å². The first kappa shape index (κ1) is 32.4. The van der Waals surface area contributed by atoms with E-state index in [-0.39, 0.29) is 29.9 Å². The maximum Gasteiger partial charge on any atom is 0.303 e. The van der Waals surface area contributed by atoms with Crippen molar-refractivity contribution in [1.82, 2.24) is 4.90 Å². The van der Waals surface area contributed by atoms with Gasteiger partial charge >= 0.3 is 23.9 Å². The fraction of sp³-hybridized carbons (Fsp3) is 0.355. The largest absolute Gasteiger partial charge is 0.463 e. The third-order valence-electron chi connectivity index (χ3n) is 6.37. The predicted octanol–water partition coefficient (Wildman–Crippen LogP) is 3.24. The molecule has 0 spiro atoms. The quantitative estimate of drug-likeness (QED) is 0.230. The lowest BCUT2D eigenvalue weighted by Gasteiger charge is -2.44. The van der Waals surface area contributed by atoms with Crippen LogP contribution < -0.4 is 0 Å². The van der Waals surface area contributed by atoms with E-state index in [1.165, 1.54) is 11.8 Å². The van der Waals surface area contributed by atoms with Crippen molar-refractivity contribution >= 4 is 52.8 Å². The molecule has 1 saturated heterocycles. The summed E-state index contributed by atoms with van der Waals surface area (Å²) in [5.74, 6) is -3.19. The van der Waals surface area contributed by atoms with Crippen molar-refractivity contribution in [3.05, 3.63) is 77.5 Å². The zero-order valence-electron chi connectivity index (χ0n) is 24.5. The lowest BCUT2D eigenvalue weighted by atomic mass is 9.99. The molecule has 12 nitrogen and oxygen atoms in total. The van der Waals surface area contributed by atoms with Gasteiger partial charge in [0.25, 0.3) is 5.91 Å². The fourth-order valence-electron chi connectivity index (χ4n) is 4.62. The molecule has 44 heavy (non-hydrogen) atoms. The SMILES string of the molecule is CC(=O)OC[C@H]1O[C@@H](SC2=N/C(=C\c3ccccc3)C(=O)N2Cc2ccccc2)[C@H](OC(C)=O)[C@@H](OC(C)=O)[C@@H]1OC(C)=O. The summed E-state index contributed by atoms with van der Waals surface area (Å²) in [7, 11) is 0. The van der Waals surface area contributed by atoms with Gasteiger partial charge in [-0.25, -0.2) is 4.99 Å². The molecule has 1 fully saturated rings. The molecule has 0 bridgehead atoms. The fourth-order valence-corrected chi connectivity index (χ4v) is 5.80. The van der Waals surface area contributed by atoms with E-state index < -0.39 is 53.7 Å². The average Bonchev–Trinajstić information content (AvgIpc) is 3.24. The van der Waals surface area contributed by atoms with Crippen molar-refractivity contribution in [1.29, 1.82) is 0 Å². The molecule has 4 rings (SSSR count). The summed E-state index contributed by atoms with van der Waals surface area (Å²) in [5.41, 5.74) is 0.617. The van der Waals surface area contributed by atoms with Crippen LogP contribution in [0.25, 0.3) is 6.08 Å². The van der Waals surface area contributed by atoms with E-state index in [9.17, 15) is 24.0 Å². The van der Waals surface area contributed by atoms with Gasteiger partial charge in [0.15, 0.2) is 28.9 Å². The highest BCUT2D eigenvalue weighted by molar-refractivity contribution is 8.14. The lowest BCUT2D eigenvalue weighted by Crippen LogP contribution is -2.61. The van der Waals surface area contributed by atoms with E-state index in [0.717, 1.165) is 43.7 Å². The van der Waals surface area contributed by atoms with Gasteiger partial charge in [0.1, 0.15) is 18.4 Å². The van der Waals surface area contributed by atoms with E-state index in [0.29, 0.717) is 0 Å². The van der Waals surface area contributed by atoms with Gasteiger partial charge in [-0.05, 0) is 17.2 Å². The third-order valence-corrected chi connectivity index (χ3v) is 7.50. The molecular formula is C31H32N2O10S. The molecular weight excluding hydrogens is 592 g/mol. The molecule has 5 atom stereocenters. The number of carbonyl (C=O) groups is 5. The van der Waals surface area contributed by atoms with Gasteiger partial charge in [0.2, 0.25) is 0 Å². The van der Waals surface area contributed by atoms with Crippen LogP contribution in [0.4, 0.5) is 0 Å². The Labute approximate surface area is 258 Å². The standard InChI is InChI=1S/C31H32N2O10S/c1-18(34)39-17-25-26(40-19(2)35)27(41-20(3)36)28(42-21(4)37)30(43-25)44-31-32-24(15-22-11-7-5-8-12-22)29(38)33(31)16-23-13-9-6-10-14-23/h5-15,25-28,30H,16-17H2,1-4H3/b24-15-/t25-,26-,27+,28-,30+/m1/s1. The zero-order chi connectivity index (χ0) is 31.8. The predicted molar refractivity (Wildman–Crippen MR) is 158 cm³/mol. The van der Waals surface area contributed by atoms with Crippen LogP contribution in [0.5, 0.6) is 0 Å². The molecule has 0 saturated carbocycles. The van der Waals surface area contributed by atoms with Gasteiger partial charge in [-0.1, -0.05) is 72.4 Å².